The molecule has 3 aromatic heterocycles. The number of fused-ring (bicyclic) bond motifs is 1. The Labute approximate surface area is 199 Å². The number of hydrogen-bond donors (Lipinski definition) is 2. The molecule has 178 valence electrons. The molecule has 0 aliphatic rings. The van der Waals surface area contributed by atoms with Crippen LogP contribution in [0.4, 0.5) is 11.6 Å². The van der Waals surface area contributed by atoms with Crippen molar-refractivity contribution in [3.8, 4) is 17.1 Å². The van der Waals surface area contributed by atoms with Gasteiger partial charge in [0.05, 0.1) is 23.5 Å². The minimum atomic E-state index is -0.0600. The Morgan fingerprint density at radius 1 is 1.06 bits per heavy atom. The number of hydrogen-bond acceptors (Lipinski definition) is 7. The number of aryl methyl sites for hydroxylation is 1. The number of aliphatic hydroxyl groups is 1. The molecule has 9 heteroatoms. The van der Waals surface area contributed by atoms with Gasteiger partial charge in [-0.25, -0.2) is 9.97 Å². The molecule has 0 aliphatic carbocycles. The van der Waals surface area contributed by atoms with Gasteiger partial charge >= 0.3 is 0 Å². The Kier molecular flexibility index (Phi) is 8.15. The second kappa shape index (κ2) is 11.2. The summed E-state index contributed by atoms with van der Waals surface area (Å²) in [5.74, 6) is 0.977. The van der Waals surface area contributed by atoms with Gasteiger partial charge in [0.2, 0.25) is 5.95 Å². The van der Waals surface area contributed by atoms with E-state index in [1.807, 2.05) is 49.7 Å². The van der Waals surface area contributed by atoms with Gasteiger partial charge in [-0.05, 0) is 30.3 Å². The molecular weight excluding hydrogens is 432 g/mol. The summed E-state index contributed by atoms with van der Waals surface area (Å²) < 4.78 is 7.33. The van der Waals surface area contributed by atoms with Gasteiger partial charge in [0.15, 0.2) is 0 Å². The predicted molar refractivity (Wildman–Crippen MR) is 133 cm³/mol. The van der Waals surface area contributed by atoms with Crippen LogP contribution in [0, 0.1) is 0 Å². The topological polar surface area (TPSA) is 105 Å². The Bertz CT molecular complexity index is 1270. The fourth-order valence-electron chi connectivity index (χ4n) is 3.34. The van der Waals surface area contributed by atoms with E-state index in [-0.39, 0.29) is 19.1 Å². The highest BCUT2D eigenvalue weighted by atomic mass is 16.5. The van der Waals surface area contributed by atoms with Gasteiger partial charge in [-0.15, -0.1) is 0 Å². The van der Waals surface area contributed by atoms with E-state index in [1.165, 1.54) is 0 Å². The van der Waals surface area contributed by atoms with Crippen molar-refractivity contribution in [1.82, 2.24) is 24.4 Å². The van der Waals surface area contributed by atoms with E-state index in [0.29, 0.717) is 28.8 Å². The first-order valence-corrected chi connectivity index (χ1v) is 11.1. The summed E-state index contributed by atoms with van der Waals surface area (Å²) in [7, 11) is 5.35. The van der Waals surface area contributed by atoms with E-state index in [2.05, 4.69) is 20.3 Å². The molecular formula is C25H30N6O3. The molecule has 0 spiro atoms. The molecule has 9 nitrogen and oxygen atoms in total. The number of aromatic nitrogens is 4. The largest absolute Gasteiger partial charge is 0.491 e. The number of amides is 1. The van der Waals surface area contributed by atoms with Gasteiger partial charge < -0.3 is 24.6 Å². The molecule has 0 unspecified atom stereocenters. The van der Waals surface area contributed by atoms with E-state index >= 15 is 0 Å². The molecule has 0 saturated heterocycles. The highest BCUT2D eigenvalue weighted by Crippen LogP contribution is 2.26. The predicted octanol–water partition coefficient (Wildman–Crippen LogP) is 3.87. The fraction of sp³-hybridized carbons (Fsp3) is 0.280. The molecule has 0 saturated carbocycles. The molecule has 2 N–H and O–H groups in total. The first-order chi connectivity index (χ1) is 16.5. The third-order valence-electron chi connectivity index (χ3n) is 4.94. The lowest BCUT2D eigenvalue weighted by atomic mass is 10.2. The molecule has 4 aromatic rings. The second-order valence-corrected chi connectivity index (χ2v) is 7.40. The van der Waals surface area contributed by atoms with Gasteiger partial charge in [-0.3, -0.25) is 9.78 Å². The highest BCUT2D eigenvalue weighted by molar-refractivity contribution is 5.99. The van der Waals surface area contributed by atoms with Gasteiger partial charge in [0.25, 0.3) is 5.91 Å². The number of anilines is 2. The van der Waals surface area contributed by atoms with Crippen molar-refractivity contribution >= 4 is 28.4 Å². The van der Waals surface area contributed by atoms with Gasteiger partial charge in [-0.1, -0.05) is 19.9 Å². The average Bonchev–Trinajstić information content (AvgIpc) is 3.19. The van der Waals surface area contributed by atoms with Crippen molar-refractivity contribution < 1.29 is 14.6 Å². The number of carbonyl (C=O) groups is 1. The SMILES string of the molecule is CC.CN(C)C(=O)c1cc2ccc(Nc3nccc(-c4cc(OCCO)ccn4)n3)cc2n1C. The zero-order valence-corrected chi connectivity index (χ0v) is 20.1. The molecule has 0 atom stereocenters. The van der Waals surface area contributed by atoms with Crippen LogP contribution in [0.3, 0.4) is 0 Å². The maximum Gasteiger partial charge on any atom is 0.269 e. The number of carbonyl (C=O) groups excluding carboxylic acids is 1. The van der Waals surface area contributed by atoms with Crippen LogP contribution < -0.4 is 10.1 Å². The number of nitrogens with one attached hydrogen (secondary N) is 1. The van der Waals surface area contributed by atoms with Gasteiger partial charge in [0, 0.05) is 50.7 Å². The lowest BCUT2D eigenvalue weighted by Crippen LogP contribution is -2.23. The highest BCUT2D eigenvalue weighted by Gasteiger charge is 2.15. The molecule has 1 aromatic carbocycles. The maximum atomic E-state index is 12.4. The quantitative estimate of drug-likeness (QED) is 0.429. The number of rotatable bonds is 7. The Morgan fingerprint density at radius 2 is 1.82 bits per heavy atom. The normalized spacial score (nSPS) is 10.4. The number of pyridine rings is 1. The summed E-state index contributed by atoms with van der Waals surface area (Å²) >= 11 is 0. The minimum Gasteiger partial charge on any atom is -0.491 e. The molecule has 34 heavy (non-hydrogen) atoms. The smallest absolute Gasteiger partial charge is 0.269 e. The Morgan fingerprint density at radius 3 is 2.56 bits per heavy atom. The zero-order chi connectivity index (χ0) is 24.7. The first-order valence-electron chi connectivity index (χ1n) is 11.1. The molecule has 4 rings (SSSR count). The second-order valence-electron chi connectivity index (χ2n) is 7.40. The summed E-state index contributed by atoms with van der Waals surface area (Å²) in [6, 6.07) is 13.0. The van der Waals surface area contributed by atoms with E-state index in [9.17, 15) is 4.79 Å². The Hall–Kier alpha value is -3.98. The molecule has 0 radical (unpaired) electrons. The van der Waals surface area contributed by atoms with Crippen molar-refractivity contribution in [3.05, 3.63) is 60.6 Å². The zero-order valence-electron chi connectivity index (χ0n) is 20.1. The van der Waals surface area contributed by atoms with Gasteiger partial charge in [0.1, 0.15) is 18.1 Å². The van der Waals surface area contributed by atoms with Crippen LogP contribution in [-0.2, 0) is 7.05 Å². The number of aliphatic hydroxyl groups excluding tert-OH is 1. The number of ether oxygens (including phenoxy) is 1. The third-order valence-corrected chi connectivity index (χ3v) is 4.94. The lowest BCUT2D eigenvalue weighted by Gasteiger charge is -2.11. The Balaban J connectivity index is 0.00000158. The van der Waals surface area contributed by atoms with Gasteiger partial charge in [-0.2, -0.15) is 0 Å². The van der Waals surface area contributed by atoms with Crippen molar-refractivity contribution in [1.29, 1.82) is 0 Å². The van der Waals surface area contributed by atoms with Crippen LogP contribution in [0.5, 0.6) is 5.75 Å². The summed E-state index contributed by atoms with van der Waals surface area (Å²) in [5.41, 5.74) is 3.61. The summed E-state index contributed by atoms with van der Waals surface area (Å²) in [5, 5.41) is 13.1. The molecule has 0 fully saturated rings. The molecule has 3 heterocycles. The van der Waals surface area contributed by atoms with Crippen LogP contribution >= 0.6 is 0 Å². The number of nitrogens with zero attached hydrogens (tertiary/aromatic N) is 5. The van der Waals surface area contributed by atoms with E-state index < -0.39 is 0 Å². The van der Waals surface area contributed by atoms with Crippen LogP contribution in [0.2, 0.25) is 0 Å². The molecule has 0 aliphatic heterocycles. The van der Waals surface area contributed by atoms with Crippen molar-refractivity contribution in [2.45, 2.75) is 13.8 Å². The minimum absolute atomic E-state index is 0.0491. The average molecular weight is 463 g/mol. The summed E-state index contributed by atoms with van der Waals surface area (Å²) in [4.78, 5) is 27.2. The summed E-state index contributed by atoms with van der Waals surface area (Å²) in [6.45, 7) is 4.15. The van der Waals surface area contributed by atoms with Crippen LogP contribution in [0.25, 0.3) is 22.3 Å². The standard InChI is InChI=1S/C23H24N6O3.C2H6/c1-28(2)22(31)21-12-15-4-5-16(13-20(15)29(21)3)26-23-25-9-7-18(27-23)19-14-17(6-8-24-19)32-11-10-30;1-2/h4-9,12-14,30H,10-11H2,1-3H3,(H,25,26,27);1-2H3. The molecule has 0 bridgehead atoms. The lowest BCUT2D eigenvalue weighted by molar-refractivity contribution is 0.0819. The van der Waals surface area contributed by atoms with E-state index in [0.717, 1.165) is 16.6 Å². The first kappa shape index (κ1) is 24.7. The van der Waals surface area contributed by atoms with Crippen LogP contribution in [0.15, 0.2) is 54.9 Å². The van der Waals surface area contributed by atoms with E-state index in [1.54, 1.807) is 49.6 Å². The van der Waals surface area contributed by atoms with Crippen molar-refractivity contribution in [3.63, 3.8) is 0 Å². The fourth-order valence-corrected chi connectivity index (χ4v) is 3.34. The van der Waals surface area contributed by atoms with E-state index in [4.69, 9.17) is 9.84 Å². The molecule has 1 amide bonds. The van der Waals surface area contributed by atoms with Crippen molar-refractivity contribution in [2.75, 3.05) is 32.6 Å². The van der Waals surface area contributed by atoms with Crippen molar-refractivity contribution in [2.24, 2.45) is 7.05 Å². The maximum absolute atomic E-state index is 12.4. The summed E-state index contributed by atoms with van der Waals surface area (Å²) in [6.07, 6.45) is 3.29. The monoisotopic (exact) mass is 462 g/mol. The third kappa shape index (κ3) is 5.49. The van der Waals surface area contributed by atoms with Crippen LogP contribution in [-0.4, -0.2) is 62.7 Å². The van der Waals surface area contributed by atoms with Crippen LogP contribution in [0.1, 0.15) is 24.3 Å². The number of benzene rings is 1.